The molecular formula is C16H18N2O2+2. The van der Waals surface area contributed by atoms with Gasteiger partial charge in [-0.15, -0.1) is 0 Å². The molecule has 0 amide bonds. The molecular weight excluding hydrogens is 252 g/mol. The molecule has 0 fully saturated rings. The first kappa shape index (κ1) is 14.1. The molecule has 4 heteroatoms. The number of carbonyl (C=O) groups excluding carboxylic acids is 2. The van der Waals surface area contributed by atoms with Gasteiger partial charge in [0.05, 0.1) is 11.1 Å². The maximum atomic E-state index is 11.3. The van der Waals surface area contributed by atoms with Crippen LogP contribution in [0.4, 0.5) is 0 Å². The predicted molar refractivity (Wildman–Crippen MR) is 73.3 cm³/mol. The van der Waals surface area contributed by atoms with Crippen molar-refractivity contribution in [1.82, 2.24) is 0 Å². The Hall–Kier alpha value is -2.36. The van der Waals surface area contributed by atoms with Gasteiger partial charge in [-0.05, 0) is 26.0 Å². The molecule has 20 heavy (non-hydrogen) atoms. The van der Waals surface area contributed by atoms with Crippen molar-refractivity contribution in [3.8, 4) is 0 Å². The third-order valence-electron chi connectivity index (χ3n) is 3.15. The number of nitrogens with zero attached hydrogens (tertiary/aromatic N) is 2. The molecule has 0 aliphatic rings. The lowest BCUT2D eigenvalue weighted by atomic mass is 10.2. The standard InChI is InChI=1S/C16H18N2O2/c1-13(19)15-5-3-7-17(11-15)9-10-18-8-4-6-16(12-18)14(2)20/h3-8,11-12H,9-10H2,1-2H3/q+2. The van der Waals surface area contributed by atoms with E-state index in [-0.39, 0.29) is 11.6 Å². The molecule has 2 heterocycles. The molecule has 102 valence electrons. The third kappa shape index (κ3) is 3.57. The Balaban J connectivity index is 2.08. The van der Waals surface area contributed by atoms with E-state index >= 15 is 0 Å². The maximum Gasteiger partial charge on any atom is 0.206 e. The number of Topliss-reactive ketones (excluding diaryl/α,β-unsaturated/α-hetero) is 2. The summed E-state index contributed by atoms with van der Waals surface area (Å²) in [7, 11) is 0. The zero-order valence-corrected chi connectivity index (χ0v) is 11.7. The number of aromatic nitrogens is 2. The van der Waals surface area contributed by atoms with Crippen molar-refractivity contribution in [2.24, 2.45) is 0 Å². The summed E-state index contributed by atoms with van der Waals surface area (Å²) in [5.74, 6) is 0.121. The van der Waals surface area contributed by atoms with E-state index in [4.69, 9.17) is 0 Å². The second-order valence-corrected chi connectivity index (χ2v) is 4.77. The van der Waals surface area contributed by atoms with Gasteiger partial charge in [-0.3, -0.25) is 9.59 Å². The maximum absolute atomic E-state index is 11.3. The predicted octanol–water partition coefficient (Wildman–Crippen LogP) is 1.37. The van der Waals surface area contributed by atoms with E-state index in [0.29, 0.717) is 11.1 Å². The van der Waals surface area contributed by atoms with E-state index in [1.54, 1.807) is 13.8 Å². The first-order chi connectivity index (χ1) is 9.56. The van der Waals surface area contributed by atoms with Crippen LogP contribution in [0.15, 0.2) is 49.1 Å². The molecule has 0 aliphatic carbocycles. The molecule has 0 unspecified atom stereocenters. The van der Waals surface area contributed by atoms with Gasteiger partial charge in [-0.25, -0.2) is 0 Å². The van der Waals surface area contributed by atoms with Gasteiger partial charge in [-0.2, -0.15) is 9.13 Å². The van der Waals surface area contributed by atoms with Crippen LogP contribution in [-0.2, 0) is 13.1 Å². The van der Waals surface area contributed by atoms with Gasteiger partial charge in [0.1, 0.15) is 0 Å². The summed E-state index contributed by atoms with van der Waals surface area (Å²) in [6.45, 7) is 4.61. The average Bonchev–Trinajstić information content (AvgIpc) is 2.45. The van der Waals surface area contributed by atoms with Gasteiger partial charge < -0.3 is 0 Å². The first-order valence-corrected chi connectivity index (χ1v) is 6.56. The van der Waals surface area contributed by atoms with Crippen LogP contribution in [0.25, 0.3) is 0 Å². The van der Waals surface area contributed by atoms with Crippen molar-refractivity contribution in [1.29, 1.82) is 0 Å². The highest BCUT2D eigenvalue weighted by molar-refractivity contribution is 5.93. The summed E-state index contributed by atoms with van der Waals surface area (Å²) in [6, 6.07) is 7.35. The molecule has 0 spiro atoms. The summed E-state index contributed by atoms with van der Waals surface area (Å²) >= 11 is 0. The molecule has 0 saturated carbocycles. The summed E-state index contributed by atoms with van der Waals surface area (Å²) in [6.07, 6.45) is 7.55. The number of hydrogen-bond donors (Lipinski definition) is 0. The Labute approximate surface area is 118 Å². The summed E-state index contributed by atoms with van der Waals surface area (Å²) in [4.78, 5) is 22.7. The quantitative estimate of drug-likeness (QED) is 0.608. The number of pyridine rings is 2. The van der Waals surface area contributed by atoms with Crippen LogP contribution >= 0.6 is 0 Å². The van der Waals surface area contributed by atoms with Crippen molar-refractivity contribution in [3.63, 3.8) is 0 Å². The van der Waals surface area contributed by atoms with Crippen molar-refractivity contribution in [2.45, 2.75) is 26.9 Å². The van der Waals surface area contributed by atoms with Crippen LogP contribution in [0.5, 0.6) is 0 Å². The van der Waals surface area contributed by atoms with Crippen molar-refractivity contribution < 1.29 is 18.7 Å². The van der Waals surface area contributed by atoms with Crippen molar-refractivity contribution in [2.75, 3.05) is 0 Å². The molecule has 4 nitrogen and oxygen atoms in total. The fraction of sp³-hybridized carbons (Fsp3) is 0.250. The number of rotatable bonds is 5. The van der Waals surface area contributed by atoms with Crippen LogP contribution in [0.1, 0.15) is 34.6 Å². The molecule has 0 aliphatic heterocycles. The topological polar surface area (TPSA) is 41.9 Å². The van der Waals surface area contributed by atoms with Crippen molar-refractivity contribution in [3.05, 3.63) is 60.2 Å². The Bertz CT molecular complexity index is 593. The Kier molecular flexibility index (Phi) is 4.35. The normalized spacial score (nSPS) is 10.3. The van der Waals surface area contributed by atoms with Crippen molar-refractivity contribution >= 4 is 11.6 Å². The minimum Gasteiger partial charge on any atom is -0.294 e. The Morgan fingerprint density at radius 3 is 1.60 bits per heavy atom. The number of ketones is 2. The molecule has 0 atom stereocenters. The third-order valence-corrected chi connectivity index (χ3v) is 3.15. The van der Waals surface area contributed by atoms with Gasteiger partial charge in [0.25, 0.3) is 0 Å². The van der Waals surface area contributed by atoms with Crippen LogP contribution < -0.4 is 9.13 Å². The van der Waals surface area contributed by atoms with Gasteiger partial charge >= 0.3 is 0 Å². The fourth-order valence-corrected chi connectivity index (χ4v) is 1.97. The summed E-state index contributed by atoms with van der Waals surface area (Å²) in [5, 5.41) is 0. The zero-order valence-electron chi connectivity index (χ0n) is 11.7. The van der Waals surface area contributed by atoms with Gasteiger partial charge in [-0.1, -0.05) is 0 Å². The van der Waals surface area contributed by atoms with Crippen LogP contribution in [0.2, 0.25) is 0 Å². The number of aryl methyl sites for hydroxylation is 2. The molecule has 2 aromatic rings. The molecule has 0 aromatic carbocycles. The average molecular weight is 270 g/mol. The number of carbonyl (C=O) groups is 2. The smallest absolute Gasteiger partial charge is 0.206 e. The van der Waals surface area contributed by atoms with E-state index in [1.165, 1.54) is 0 Å². The Morgan fingerprint density at radius 2 is 1.25 bits per heavy atom. The second kappa shape index (κ2) is 6.19. The number of hydrogen-bond acceptors (Lipinski definition) is 2. The lowest BCUT2D eigenvalue weighted by Gasteiger charge is -1.98. The summed E-state index contributed by atoms with van der Waals surface area (Å²) < 4.78 is 3.95. The Morgan fingerprint density at radius 1 is 0.850 bits per heavy atom. The highest BCUT2D eigenvalue weighted by Crippen LogP contribution is 1.96. The van der Waals surface area contributed by atoms with Gasteiger partial charge in [0, 0.05) is 12.1 Å². The molecule has 2 aromatic heterocycles. The SMILES string of the molecule is CC(=O)c1ccc[n+](CC[n+]2cccc(C(C)=O)c2)c1. The largest absolute Gasteiger partial charge is 0.294 e. The van der Waals surface area contributed by atoms with Gasteiger partial charge in [0.2, 0.25) is 13.1 Å². The minimum absolute atomic E-state index is 0.0607. The minimum atomic E-state index is 0.0607. The van der Waals surface area contributed by atoms with E-state index in [1.807, 2.05) is 58.2 Å². The lowest BCUT2D eigenvalue weighted by molar-refractivity contribution is -0.778. The molecule has 0 saturated heterocycles. The van der Waals surface area contributed by atoms with E-state index in [2.05, 4.69) is 0 Å². The second-order valence-electron chi connectivity index (χ2n) is 4.77. The molecule has 2 rings (SSSR count). The summed E-state index contributed by atoms with van der Waals surface area (Å²) in [5.41, 5.74) is 1.41. The van der Waals surface area contributed by atoms with E-state index < -0.39 is 0 Å². The highest BCUT2D eigenvalue weighted by Gasteiger charge is 2.11. The molecule has 0 radical (unpaired) electrons. The van der Waals surface area contributed by atoms with Crippen LogP contribution in [-0.4, -0.2) is 11.6 Å². The monoisotopic (exact) mass is 270 g/mol. The highest BCUT2D eigenvalue weighted by atomic mass is 16.1. The first-order valence-electron chi connectivity index (χ1n) is 6.56. The molecule has 0 N–H and O–H groups in total. The lowest BCUT2D eigenvalue weighted by Crippen LogP contribution is -2.44. The zero-order chi connectivity index (χ0) is 14.5. The molecule has 0 bridgehead atoms. The van der Waals surface area contributed by atoms with E-state index in [0.717, 1.165) is 13.1 Å². The fourth-order valence-electron chi connectivity index (χ4n) is 1.97. The van der Waals surface area contributed by atoms with Gasteiger partial charge in [0.15, 0.2) is 36.4 Å². The van der Waals surface area contributed by atoms with E-state index in [9.17, 15) is 9.59 Å². The van der Waals surface area contributed by atoms with Crippen LogP contribution in [0, 0.1) is 0 Å². The van der Waals surface area contributed by atoms with Crippen LogP contribution in [0.3, 0.4) is 0 Å².